The van der Waals surface area contributed by atoms with E-state index in [1.54, 1.807) is 0 Å². The summed E-state index contributed by atoms with van der Waals surface area (Å²) in [7, 11) is 0. The molecule has 0 bridgehead atoms. The predicted molar refractivity (Wildman–Crippen MR) is 43.3 cm³/mol. The first-order chi connectivity index (χ1) is 5.34. The van der Waals surface area contributed by atoms with Crippen molar-refractivity contribution in [2.75, 3.05) is 6.54 Å². The molecule has 0 aliphatic carbocycles. The molecule has 0 saturated carbocycles. The number of hydrogen-bond donors (Lipinski definition) is 1. The van der Waals surface area contributed by atoms with Gasteiger partial charge in [-0.3, -0.25) is 0 Å². The molecule has 0 saturated heterocycles. The Hall–Kier alpha value is -1.03. The standard InChI is InChI=1S/C6H7N3OS/c7-9-8-4-5(10)6-2-1-3-11-6/h1-3,5,10H,4H2/t5-/m1/s1. The van der Waals surface area contributed by atoms with E-state index in [4.69, 9.17) is 5.53 Å². The summed E-state index contributed by atoms with van der Waals surface area (Å²) in [6.07, 6.45) is -0.647. The minimum Gasteiger partial charge on any atom is -0.387 e. The molecule has 0 aliphatic heterocycles. The highest BCUT2D eigenvalue weighted by atomic mass is 32.1. The average molecular weight is 169 g/mol. The van der Waals surface area contributed by atoms with Crippen molar-refractivity contribution in [2.45, 2.75) is 6.10 Å². The number of thiophene rings is 1. The van der Waals surface area contributed by atoms with Crippen LogP contribution in [-0.2, 0) is 0 Å². The van der Waals surface area contributed by atoms with Gasteiger partial charge in [0.15, 0.2) is 0 Å². The van der Waals surface area contributed by atoms with Crippen molar-refractivity contribution in [1.29, 1.82) is 0 Å². The summed E-state index contributed by atoms with van der Waals surface area (Å²) in [4.78, 5) is 3.39. The van der Waals surface area contributed by atoms with E-state index in [0.29, 0.717) is 0 Å². The predicted octanol–water partition coefficient (Wildman–Crippen LogP) is 2.09. The molecule has 0 radical (unpaired) electrons. The number of nitrogens with zero attached hydrogens (tertiary/aromatic N) is 3. The Bertz CT molecular complexity index is 253. The Morgan fingerprint density at radius 1 is 1.82 bits per heavy atom. The van der Waals surface area contributed by atoms with Crippen LogP contribution < -0.4 is 0 Å². The van der Waals surface area contributed by atoms with E-state index in [0.717, 1.165) is 4.88 Å². The van der Waals surface area contributed by atoms with Crippen LogP contribution in [0.4, 0.5) is 0 Å². The minimum absolute atomic E-state index is 0.108. The van der Waals surface area contributed by atoms with Gasteiger partial charge in [0.1, 0.15) is 0 Å². The van der Waals surface area contributed by atoms with Gasteiger partial charge in [0, 0.05) is 9.79 Å². The number of aliphatic hydroxyl groups excluding tert-OH is 1. The summed E-state index contributed by atoms with van der Waals surface area (Å²) in [5.41, 5.74) is 7.96. The molecule has 1 aromatic rings. The van der Waals surface area contributed by atoms with Gasteiger partial charge in [-0.2, -0.15) is 0 Å². The summed E-state index contributed by atoms with van der Waals surface area (Å²) in [5.74, 6) is 0. The second-order valence-corrected chi connectivity index (χ2v) is 2.92. The molecule has 0 aliphatic rings. The van der Waals surface area contributed by atoms with E-state index in [-0.39, 0.29) is 6.54 Å². The monoisotopic (exact) mass is 169 g/mol. The molecule has 11 heavy (non-hydrogen) atoms. The lowest BCUT2D eigenvalue weighted by molar-refractivity contribution is 0.190. The summed E-state index contributed by atoms with van der Waals surface area (Å²) in [6, 6.07) is 3.65. The second kappa shape index (κ2) is 3.98. The zero-order chi connectivity index (χ0) is 8.10. The fraction of sp³-hybridized carbons (Fsp3) is 0.333. The molecule has 1 rings (SSSR count). The minimum atomic E-state index is -0.647. The molecule has 1 atom stereocenters. The fourth-order valence-electron chi connectivity index (χ4n) is 0.685. The number of rotatable bonds is 3. The van der Waals surface area contributed by atoms with Crippen molar-refractivity contribution in [3.05, 3.63) is 32.8 Å². The molecule has 0 spiro atoms. The molecule has 0 amide bonds. The van der Waals surface area contributed by atoms with Gasteiger partial charge in [0.05, 0.1) is 12.6 Å². The van der Waals surface area contributed by atoms with Gasteiger partial charge in [0.25, 0.3) is 0 Å². The Morgan fingerprint density at radius 2 is 2.64 bits per heavy atom. The zero-order valence-electron chi connectivity index (χ0n) is 5.71. The molecule has 58 valence electrons. The topological polar surface area (TPSA) is 69.0 Å². The van der Waals surface area contributed by atoms with Crippen LogP contribution in [0, 0.1) is 0 Å². The lowest BCUT2D eigenvalue weighted by Crippen LogP contribution is -1.97. The highest BCUT2D eigenvalue weighted by Gasteiger charge is 2.05. The van der Waals surface area contributed by atoms with Crippen LogP contribution in [0.1, 0.15) is 11.0 Å². The molecule has 1 N–H and O–H groups in total. The third kappa shape index (κ3) is 2.23. The third-order valence-corrected chi connectivity index (χ3v) is 2.16. The smallest absolute Gasteiger partial charge is 0.0938 e. The van der Waals surface area contributed by atoms with Crippen molar-refractivity contribution < 1.29 is 5.11 Å². The van der Waals surface area contributed by atoms with Crippen molar-refractivity contribution in [2.24, 2.45) is 5.11 Å². The summed E-state index contributed by atoms with van der Waals surface area (Å²) >= 11 is 1.45. The highest BCUT2D eigenvalue weighted by Crippen LogP contribution is 2.18. The normalized spacial score (nSPS) is 12.1. The van der Waals surface area contributed by atoms with Gasteiger partial charge in [-0.15, -0.1) is 11.3 Å². The molecule has 5 heteroatoms. The number of aliphatic hydroxyl groups is 1. The van der Waals surface area contributed by atoms with Gasteiger partial charge in [0.2, 0.25) is 0 Å². The van der Waals surface area contributed by atoms with Crippen LogP contribution in [0.5, 0.6) is 0 Å². The Labute approximate surface area is 67.7 Å². The van der Waals surface area contributed by atoms with Crippen LogP contribution >= 0.6 is 11.3 Å². The Balaban J connectivity index is 2.55. The van der Waals surface area contributed by atoms with Gasteiger partial charge < -0.3 is 5.11 Å². The van der Waals surface area contributed by atoms with Crippen LogP contribution in [0.3, 0.4) is 0 Å². The van der Waals surface area contributed by atoms with Crippen molar-refractivity contribution in [1.82, 2.24) is 0 Å². The molecular weight excluding hydrogens is 162 g/mol. The van der Waals surface area contributed by atoms with E-state index in [2.05, 4.69) is 10.0 Å². The average Bonchev–Trinajstić information content (AvgIpc) is 2.52. The zero-order valence-corrected chi connectivity index (χ0v) is 6.53. The van der Waals surface area contributed by atoms with E-state index in [1.807, 2.05) is 17.5 Å². The number of azide groups is 1. The maximum atomic E-state index is 9.29. The SMILES string of the molecule is [N-]=[N+]=NC[C@@H](O)c1cccs1. The quantitative estimate of drug-likeness (QED) is 0.420. The van der Waals surface area contributed by atoms with Crippen LogP contribution in [0.15, 0.2) is 22.6 Å². The Kier molecular flexibility index (Phi) is 2.92. The van der Waals surface area contributed by atoms with E-state index in [9.17, 15) is 5.11 Å². The van der Waals surface area contributed by atoms with E-state index >= 15 is 0 Å². The first-order valence-electron chi connectivity index (χ1n) is 3.07. The Morgan fingerprint density at radius 3 is 3.18 bits per heavy atom. The van der Waals surface area contributed by atoms with Crippen LogP contribution in [-0.4, -0.2) is 11.7 Å². The first kappa shape index (κ1) is 8.07. The first-order valence-corrected chi connectivity index (χ1v) is 3.95. The summed E-state index contributed by atoms with van der Waals surface area (Å²) in [6.45, 7) is 0.108. The third-order valence-electron chi connectivity index (χ3n) is 1.19. The van der Waals surface area contributed by atoms with Crippen molar-refractivity contribution in [3.63, 3.8) is 0 Å². The molecule has 1 heterocycles. The largest absolute Gasteiger partial charge is 0.387 e. The van der Waals surface area contributed by atoms with Gasteiger partial charge in [-0.1, -0.05) is 11.2 Å². The second-order valence-electron chi connectivity index (χ2n) is 1.94. The van der Waals surface area contributed by atoms with Crippen LogP contribution in [0.25, 0.3) is 10.4 Å². The van der Waals surface area contributed by atoms with Gasteiger partial charge >= 0.3 is 0 Å². The fourth-order valence-corrected chi connectivity index (χ4v) is 1.39. The maximum Gasteiger partial charge on any atom is 0.0938 e. The molecule has 1 aromatic heterocycles. The summed E-state index contributed by atoms with van der Waals surface area (Å²) < 4.78 is 0. The van der Waals surface area contributed by atoms with Crippen LogP contribution in [0.2, 0.25) is 0 Å². The van der Waals surface area contributed by atoms with E-state index < -0.39 is 6.10 Å². The maximum absolute atomic E-state index is 9.29. The van der Waals surface area contributed by atoms with E-state index in [1.165, 1.54) is 11.3 Å². The molecule has 4 nitrogen and oxygen atoms in total. The highest BCUT2D eigenvalue weighted by molar-refractivity contribution is 7.10. The molecular formula is C6H7N3OS. The summed E-state index contributed by atoms with van der Waals surface area (Å²) in [5, 5.41) is 14.4. The molecule has 0 fully saturated rings. The van der Waals surface area contributed by atoms with Crippen molar-refractivity contribution >= 4 is 11.3 Å². The van der Waals surface area contributed by atoms with Gasteiger partial charge in [-0.25, -0.2) is 0 Å². The number of hydrogen-bond acceptors (Lipinski definition) is 3. The molecule has 0 unspecified atom stereocenters. The lowest BCUT2D eigenvalue weighted by atomic mass is 10.3. The van der Waals surface area contributed by atoms with Crippen molar-refractivity contribution in [3.8, 4) is 0 Å². The lowest BCUT2D eigenvalue weighted by Gasteiger charge is -2.01. The molecule has 0 aromatic carbocycles. The van der Waals surface area contributed by atoms with Gasteiger partial charge in [-0.05, 0) is 17.0 Å².